The summed E-state index contributed by atoms with van der Waals surface area (Å²) in [7, 11) is 1.66. The van der Waals surface area contributed by atoms with Crippen molar-refractivity contribution in [2.45, 2.75) is 13.0 Å². The third kappa shape index (κ3) is 4.18. The summed E-state index contributed by atoms with van der Waals surface area (Å²) < 4.78 is 5.84. The monoisotopic (exact) mass is 403 g/mol. The van der Waals surface area contributed by atoms with Crippen molar-refractivity contribution in [1.82, 2.24) is 9.88 Å². The first-order valence-corrected chi connectivity index (χ1v) is 10.5. The van der Waals surface area contributed by atoms with Gasteiger partial charge in [0.05, 0.1) is 12.8 Å². The van der Waals surface area contributed by atoms with Crippen molar-refractivity contribution in [1.29, 1.82) is 0 Å². The number of likely N-dealkylation sites (N-methyl/N-ethyl adjacent to an activating group) is 1. The molecule has 0 aliphatic carbocycles. The van der Waals surface area contributed by atoms with Crippen LogP contribution in [0.3, 0.4) is 0 Å². The lowest BCUT2D eigenvalue weighted by Crippen LogP contribution is -2.46. The Balaban J connectivity index is 1.81. The summed E-state index contributed by atoms with van der Waals surface area (Å²) in [4.78, 5) is 9.23. The van der Waals surface area contributed by atoms with Crippen LogP contribution in [0, 0.1) is 0 Å². The summed E-state index contributed by atoms with van der Waals surface area (Å²) in [6, 6.07) is 20.0. The molecule has 1 aliphatic heterocycles. The largest absolute Gasteiger partial charge is 0.496 e. The van der Waals surface area contributed by atoms with Crippen molar-refractivity contribution in [3.8, 4) is 16.9 Å². The molecule has 3 aromatic rings. The topological polar surface area (TPSA) is 48.8 Å². The summed E-state index contributed by atoms with van der Waals surface area (Å²) in [5.74, 6) is 0.690. The average Bonchev–Trinajstić information content (AvgIpc) is 2.84. The average molecular weight is 404 g/mol. The van der Waals surface area contributed by atoms with Gasteiger partial charge in [-0.25, -0.2) is 0 Å². The number of rotatable bonds is 6. The van der Waals surface area contributed by atoms with E-state index in [-0.39, 0.29) is 0 Å². The SMILES string of the molecule is CCN1CCN(c2cc(-c3ccccc3)c(OC)c(C(O)c3ccccn3)c2)CC1. The minimum Gasteiger partial charge on any atom is -0.496 e. The second kappa shape index (κ2) is 9.28. The molecule has 0 radical (unpaired) electrons. The number of hydrogen-bond donors (Lipinski definition) is 1. The van der Waals surface area contributed by atoms with Crippen LogP contribution in [0.2, 0.25) is 0 Å². The van der Waals surface area contributed by atoms with Crippen LogP contribution in [0.1, 0.15) is 24.3 Å². The summed E-state index contributed by atoms with van der Waals surface area (Å²) in [6.07, 6.45) is 0.845. The van der Waals surface area contributed by atoms with Crippen LogP contribution < -0.4 is 9.64 Å². The predicted molar refractivity (Wildman–Crippen MR) is 121 cm³/mol. The van der Waals surface area contributed by atoms with E-state index in [0.29, 0.717) is 11.4 Å². The van der Waals surface area contributed by atoms with Gasteiger partial charge in [-0.3, -0.25) is 4.98 Å². The molecule has 2 heterocycles. The van der Waals surface area contributed by atoms with Gasteiger partial charge in [-0.05, 0) is 36.4 Å². The highest BCUT2D eigenvalue weighted by molar-refractivity contribution is 5.77. The zero-order chi connectivity index (χ0) is 20.9. The van der Waals surface area contributed by atoms with E-state index in [1.807, 2.05) is 36.4 Å². The third-order valence-electron chi connectivity index (χ3n) is 5.84. The molecule has 1 aliphatic rings. The lowest BCUT2D eigenvalue weighted by Gasteiger charge is -2.36. The molecule has 1 unspecified atom stereocenters. The molecule has 2 aromatic carbocycles. The molecule has 1 aromatic heterocycles. The first-order valence-electron chi connectivity index (χ1n) is 10.5. The van der Waals surface area contributed by atoms with Gasteiger partial charge in [0.25, 0.3) is 0 Å². The minimum atomic E-state index is -0.861. The Bertz CT molecular complexity index is 955. The Morgan fingerprint density at radius 3 is 2.37 bits per heavy atom. The molecule has 0 bridgehead atoms. The quantitative estimate of drug-likeness (QED) is 0.675. The highest BCUT2D eigenvalue weighted by Gasteiger charge is 2.24. The zero-order valence-electron chi connectivity index (χ0n) is 17.7. The molecule has 1 atom stereocenters. The van der Waals surface area contributed by atoms with Gasteiger partial charge in [-0.15, -0.1) is 0 Å². The van der Waals surface area contributed by atoms with E-state index in [2.05, 4.69) is 46.0 Å². The van der Waals surface area contributed by atoms with Gasteiger partial charge in [0.2, 0.25) is 0 Å². The number of aliphatic hydroxyl groups excluding tert-OH is 1. The van der Waals surface area contributed by atoms with Crippen LogP contribution in [-0.2, 0) is 0 Å². The summed E-state index contributed by atoms with van der Waals surface area (Å²) in [5.41, 5.74) is 4.51. The fourth-order valence-electron chi connectivity index (χ4n) is 4.10. The Hall–Kier alpha value is -2.89. The van der Waals surface area contributed by atoms with Gasteiger partial charge in [0.1, 0.15) is 11.9 Å². The summed E-state index contributed by atoms with van der Waals surface area (Å²) in [5, 5.41) is 11.2. The standard InChI is InChI=1S/C25H29N3O2/c1-3-27-13-15-28(16-14-27)20-17-21(19-9-5-4-6-10-19)25(30-2)22(18-20)24(29)23-11-7-8-12-26-23/h4-12,17-18,24,29H,3,13-16H2,1-2H3. The number of pyridine rings is 1. The highest BCUT2D eigenvalue weighted by atomic mass is 16.5. The normalized spacial score (nSPS) is 15.8. The highest BCUT2D eigenvalue weighted by Crippen LogP contribution is 2.41. The fourth-order valence-corrected chi connectivity index (χ4v) is 4.10. The molecule has 5 nitrogen and oxygen atoms in total. The molecule has 1 N–H and O–H groups in total. The molecule has 30 heavy (non-hydrogen) atoms. The van der Waals surface area contributed by atoms with Crippen LogP contribution in [0.15, 0.2) is 66.9 Å². The van der Waals surface area contributed by atoms with E-state index in [4.69, 9.17) is 4.74 Å². The minimum absolute atomic E-state index is 0.614. The van der Waals surface area contributed by atoms with Crippen molar-refractivity contribution < 1.29 is 9.84 Å². The number of anilines is 1. The van der Waals surface area contributed by atoms with Gasteiger partial charge in [0, 0.05) is 49.2 Å². The lowest BCUT2D eigenvalue weighted by molar-refractivity contribution is 0.210. The van der Waals surface area contributed by atoms with Gasteiger partial charge in [-0.2, -0.15) is 0 Å². The number of nitrogens with zero attached hydrogens (tertiary/aromatic N) is 3. The van der Waals surface area contributed by atoms with Crippen LogP contribution in [0.4, 0.5) is 5.69 Å². The van der Waals surface area contributed by atoms with E-state index in [1.165, 1.54) is 0 Å². The van der Waals surface area contributed by atoms with Crippen LogP contribution in [0.5, 0.6) is 5.75 Å². The smallest absolute Gasteiger partial charge is 0.133 e. The first kappa shape index (κ1) is 20.4. The van der Waals surface area contributed by atoms with Crippen LogP contribution >= 0.6 is 0 Å². The van der Waals surface area contributed by atoms with Crippen LogP contribution in [-0.4, -0.2) is 54.8 Å². The maximum absolute atomic E-state index is 11.2. The summed E-state index contributed by atoms with van der Waals surface area (Å²) >= 11 is 0. The third-order valence-corrected chi connectivity index (χ3v) is 5.84. The number of ether oxygens (including phenoxy) is 1. The van der Waals surface area contributed by atoms with E-state index in [1.54, 1.807) is 13.3 Å². The molecule has 4 rings (SSSR count). The lowest BCUT2D eigenvalue weighted by atomic mass is 9.95. The second-order valence-electron chi connectivity index (χ2n) is 7.56. The number of aliphatic hydroxyl groups is 1. The van der Waals surface area contributed by atoms with E-state index in [9.17, 15) is 5.11 Å². The summed E-state index contributed by atoms with van der Waals surface area (Å²) in [6.45, 7) is 7.30. The van der Waals surface area contributed by atoms with Crippen molar-refractivity contribution in [2.24, 2.45) is 0 Å². The molecule has 1 fully saturated rings. The molecule has 156 valence electrons. The molecule has 1 saturated heterocycles. The number of hydrogen-bond acceptors (Lipinski definition) is 5. The van der Waals surface area contributed by atoms with Gasteiger partial charge in [0.15, 0.2) is 0 Å². The van der Waals surface area contributed by atoms with Crippen molar-refractivity contribution in [3.05, 3.63) is 78.1 Å². The second-order valence-corrected chi connectivity index (χ2v) is 7.56. The van der Waals surface area contributed by atoms with Crippen molar-refractivity contribution >= 4 is 5.69 Å². The first-order chi connectivity index (χ1) is 14.7. The maximum atomic E-state index is 11.2. The molecular weight excluding hydrogens is 374 g/mol. The fraction of sp³-hybridized carbons (Fsp3) is 0.320. The maximum Gasteiger partial charge on any atom is 0.133 e. The zero-order valence-corrected chi connectivity index (χ0v) is 17.7. The molecular formula is C25H29N3O2. The van der Waals surface area contributed by atoms with Crippen molar-refractivity contribution in [3.63, 3.8) is 0 Å². The van der Waals surface area contributed by atoms with Crippen LogP contribution in [0.25, 0.3) is 11.1 Å². The Morgan fingerprint density at radius 2 is 1.73 bits per heavy atom. The number of methoxy groups -OCH3 is 1. The molecule has 0 saturated carbocycles. The number of aromatic nitrogens is 1. The van der Waals surface area contributed by atoms with Gasteiger partial charge < -0.3 is 19.6 Å². The van der Waals surface area contributed by atoms with E-state index >= 15 is 0 Å². The van der Waals surface area contributed by atoms with Crippen molar-refractivity contribution in [2.75, 3.05) is 44.7 Å². The molecule has 5 heteroatoms. The molecule has 0 spiro atoms. The predicted octanol–water partition coefficient (Wildman–Crippen LogP) is 3.98. The Kier molecular flexibility index (Phi) is 6.31. The molecule has 0 amide bonds. The number of benzene rings is 2. The van der Waals surface area contributed by atoms with E-state index in [0.717, 1.165) is 55.1 Å². The Morgan fingerprint density at radius 1 is 1.00 bits per heavy atom. The Labute approximate surface area is 178 Å². The number of piperazine rings is 1. The van der Waals surface area contributed by atoms with Gasteiger partial charge >= 0.3 is 0 Å². The van der Waals surface area contributed by atoms with Gasteiger partial charge in [-0.1, -0.05) is 43.3 Å². The van der Waals surface area contributed by atoms with E-state index < -0.39 is 6.10 Å².